The molecule has 0 radical (unpaired) electrons. The summed E-state index contributed by atoms with van der Waals surface area (Å²) in [7, 11) is 0. The molecule has 0 fully saturated rings. The first-order valence-electron chi connectivity index (χ1n) is 44.8. The molecule has 7 atom stereocenters. The molecule has 1 aliphatic rings. The number of hydrogen-bond donors (Lipinski definition) is 3. The molecule has 0 aromatic heterocycles. The van der Waals surface area contributed by atoms with E-state index < -0.39 is 17.5 Å². The molecule has 116 heavy (non-hydrogen) atoms. The molecule has 0 bridgehead atoms. The number of Topliss-reactive ketones (excluding diaryl/α,β-unsaturated/α-hetero) is 2. The Labute approximate surface area is 703 Å². The van der Waals surface area contributed by atoms with Crippen LogP contribution in [0.3, 0.4) is 0 Å². The molecule has 0 amide bonds. The number of carbonyl (C=O) groups is 4. The zero-order valence-electron chi connectivity index (χ0n) is 75.2. The van der Waals surface area contributed by atoms with Crippen molar-refractivity contribution in [2.24, 2.45) is 53.3 Å². The van der Waals surface area contributed by atoms with Crippen molar-refractivity contribution in [1.29, 1.82) is 0 Å². The van der Waals surface area contributed by atoms with Crippen LogP contribution in [0.25, 0.3) is 21.5 Å². The van der Waals surface area contributed by atoms with E-state index in [0.29, 0.717) is 68.5 Å². The molecule has 0 saturated carbocycles. The minimum Gasteiger partial charge on any atom is -0.507 e. The Morgan fingerprint density at radius 2 is 0.759 bits per heavy atom. The third-order valence-corrected chi connectivity index (χ3v) is 23.8. The molecular formula is C107H152O9. The lowest BCUT2D eigenvalue weighted by molar-refractivity contribution is 0.0726. The second-order valence-electron chi connectivity index (χ2n) is 36.4. The third-order valence-electron chi connectivity index (χ3n) is 23.8. The van der Waals surface area contributed by atoms with Crippen LogP contribution in [0.1, 0.15) is 349 Å². The molecule has 1 aliphatic carbocycles. The first-order valence-corrected chi connectivity index (χ1v) is 44.8. The Bertz CT molecular complexity index is 4200. The highest BCUT2D eigenvalue weighted by atomic mass is 16.5. The highest BCUT2D eigenvalue weighted by Crippen LogP contribution is 2.42. The topological polar surface area (TPSA) is 147 Å². The molecule has 7 unspecified atom stereocenters. The van der Waals surface area contributed by atoms with Gasteiger partial charge in [0.25, 0.3) is 0 Å². The molecule has 0 saturated heterocycles. The van der Waals surface area contributed by atoms with Crippen LogP contribution in [0, 0.1) is 67.1 Å². The van der Waals surface area contributed by atoms with Crippen LogP contribution in [0.5, 0.6) is 23.0 Å². The summed E-state index contributed by atoms with van der Waals surface area (Å²) in [6, 6.07) is 41.6. The quantitative estimate of drug-likeness (QED) is 0.0193. The van der Waals surface area contributed by atoms with Crippen molar-refractivity contribution in [1.82, 2.24) is 0 Å². The summed E-state index contributed by atoms with van der Waals surface area (Å²) < 4.78 is 11.5. The van der Waals surface area contributed by atoms with Crippen LogP contribution in [-0.2, 0) is 6.42 Å². The van der Waals surface area contributed by atoms with E-state index in [-0.39, 0.29) is 23.1 Å². The van der Waals surface area contributed by atoms with E-state index in [1.807, 2.05) is 92.7 Å². The van der Waals surface area contributed by atoms with Gasteiger partial charge in [0.1, 0.15) is 23.0 Å². The van der Waals surface area contributed by atoms with Gasteiger partial charge < -0.3 is 24.8 Å². The molecular weight excluding hydrogens is 1430 g/mol. The van der Waals surface area contributed by atoms with Gasteiger partial charge in [0.05, 0.1) is 16.7 Å². The number of ketones is 2. The summed E-state index contributed by atoms with van der Waals surface area (Å²) in [4.78, 5) is 50.6. The fourth-order valence-electron chi connectivity index (χ4n) is 15.9. The summed E-state index contributed by atoms with van der Waals surface area (Å²) in [6.07, 6.45) is 42.0. The standard InChI is InChI=1S/C38H52O3.C31H46O2.C20H40O.C18H14O3/c1-27(2)15-12-16-28(3)17-13-18-29(4)19-14-20-30(5)25-26-33-31(6)37(35-24-11-10-23-34(35)36(33)39)41-38(40)32-21-8-7-9-22-32;1-22(2)12-9-13-23(3)14-10-15-24(4)16-11-17-25(5)20-21-27-26(6)30(32)28-18-7-8-19-29(28)31(27)33;1-7-20(6,21)16-10-15-19(5)14-9-13-18(4)12-8-11-17(2)3;1-12-11-16(19)14-9-5-6-10-15(14)17(12)21-18(20)13-7-3-2-4-8-13/h7-11,21-25,27-29,39H,12-20,26H2,1-6H3;7-8,18-20,22-24H,9-17,21H2,1-6H3;7,17-19,21H,1,8-16H2,2-6H3;2-11,19H,1H3. The fraction of sp³-hybridized carbons (Fsp3) is 0.533. The van der Waals surface area contributed by atoms with E-state index >= 15 is 0 Å². The van der Waals surface area contributed by atoms with Crippen molar-refractivity contribution >= 4 is 45.0 Å². The lowest BCUT2D eigenvalue weighted by Gasteiger charge is -2.20. The molecule has 0 spiro atoms. The Morgan fingerprint density at radius 3 is 1.17 bits per heavy atom. The Hall–Kier alpha value is -8.14. The van der Waals surface area contributed by atoms with Crippen LogP contribution in [0.15, 0.2) is 187 Å². The molecule has 0 aliphatic heterocycles. The lowest BCUT2D eigenvalue weighted by Crippen LogP contribution is -2.20. The number of esters is 2. The van der Waals surface area contributed by atoms with Gasteiger partial charge in [-0.3, -0.25) is 9.59 Å². The summed E-state index contributed by atoms with van der Waals surface area (Å²) in [5, 5.41) is 33.9. The largest absolute Gasteiger partial charge is 0.507 e. The molecule has 634 valence electrons. The van der Waals surface area contributed by atoms with Gasteiger partial charge in [-0.25, -0.2) is 9.59 Å². The fourth-order valence-corrected chi connectivity index (χ4v) is 15.9. The van der Waals surface area contributed by atoms with Gasteiger partial charge in [-0.15, -0.1) is 6.58 Å². The van der Waals surface area contributed by atoms with Crippen LogP contribution in [0.2, 0.25) is 0 Å². The third kappa shape index (κ3) is 35.6. The van der Waals surface area contributed by atoms with E-state index in [9.17, 15) is 34.5 Å². The smallest absolute Gasteiger partial charge is 0.343 e. The predicted molar refractivity (Wildman–Crippen MR) is 492 cm³/mol. The van der Waals surface area contributed by atoms with Gasteiger partial charge in [0.2, 0.25) is 0 Å². The highest BCUT2D eigenvalue weighted by molar-refractivity contribution is 6.26. The molecule has 7 aromatic carbocycles. The van der Waals surface area contributed by atoms with E-state index in [0.717, 1.165) is 106 Å². The average molecular weight is 1580 g/mol. The number of phenols is 2. The monoisotopic (exact) mass is 1580 g/mol. The first-order chi connectivity index (χ1) is 55.3. The second-order valence-corrected chi connectivity index (χ2v) is 36.4. The van der Waals surface area contributed by atoms with E-state index in [4.69, 9.17) is 9.47 Å². The number of phenolic OH excluding ortho intramolecular Hbond substituents is 2. The van der Waals surface area contributed by atoms with Gasteiger partial charge in [-0.1, -0.05) is 363 Å². The van der Waals surface area contributed by atoms with Gasteiger partial charge in [0.15, 0.2) is 11.6 Å². The Balaban J connectivity index is 0.000000287. The Morgan fingerprint density at radius 1 is 0.422 bits per heavy atom. The van der Waals surface area contributed by atoms with Crippen molar-refractivity contribution < 1.29 is 44.0 Å². The van der Waals surface area contributed by atoms with Crippen molar-refractivity contribution in [3.8, 4) is 23.0 Å². The number of aryl methyl sites for hydroxylation is 1. The van der Waals surface area contributed by atoms with E-state index in [1.54, 1.807) is 80.6 Å². The number of fused-ring (bicyclic) bond motifs is 3. The molecule has 3 N–H and O–H groups in total. The normalized spacial score (nSPS) is 14.5. The Kier molecular flexibility index (Phi) is 44.6. The highest BCUT2D eigenvalue weighted by Gasteiger charge is 2.29. The first kappa shape index (κ1) is 98.4. The van der Waals surface area contributed by atoms with Crippen LogP contribution in [-0.4, -0.2) is 44.4 Å². The molecule has 0 heterocycles. The number of hydrogen-bond acceptors (Lipinski definition) is 9. The number of benzene rings is 7. The number of ether oxygens (including phenoxy) is 2. The van der Waals surface area contributed by atoms with Gasteiger partial charge in [-0.05, 0) is 181 Å². The van der Waals surface area contributed by atoms with Crippen molar-refractivity contribution in [2.45, 2.75) is 316 Å². The zero-order valence-corrected chi connectivity index (χ0v) is 75.2. The van der Waals surface area contributed by atoms with Crippen LogP contribution in [0.4, 0.5) is 0 Å². The van der Waals surface area contributed by atoms with Gasteiger partial charge in [-0.2, -0.15) is 0 Å². The molecule has 8 rings (SSSR count). The number of aliphatic hydroxyl groups is 1. The van der Waals surface area contributed by atoms with Crippen molar-refractivity contribution in [3.63, 3.8) is 0 Å². The molecule has 7 aromatic rings. The maximum absolute atomic E-state index is 12.9. The summed E-state index contributed by atoms with van der Waals surface area (Å²) in [5.74, 6) is 8.10. The number of rotatable bonds is 45. The number of carbonyl (C=O) groups excluding carboxylic acids is 4. The maximum atomic E-state index is 12.9. The van der Waals surface area contributed by atoms with Crippen molar-refractivity contribution in [2.75, 3.05) is 0 Å². The zero-order chi connectivity index (χ0) is 85.3. The summed E-state index contributed by atoms with van der Waals surface area (Å²) in [6.45, 7) is 43.7. The minimum atomic E-state index is -0.676. The maximum Gasteiger partial charge on any atom is 0.343 e. The SMILES string of the molecule is C=CC(C)(O)CCCC(C)CCCC(C)CCCC(C)C.CC(=CCC1=C(C)C(=O)c2ccccc2C1=O)CCCC(C)CCCC(C)CCCC(C)C.CC(=CCc1c(C)c(OC(=O)c2ccccc2)c2ccccc2c1O)CCCC(C)CCCC(C)CCCC(C)C.Cc1cc(O)c2ccccc2c1OC(=O)c1ccccc1. The summed E-state index contributed by atoms with van der Waals surface area (Å²) >= 11 is 0. The van der Waals surface area contributed by atoms with E-state index in [1.165, 1.54) is 159 Å². The number of aromatic hydroxyl groups is 2. The average Bonchev–Trinajstić information content (AvgIpc) is 0.767. The van der Waals surface area contributed by atoms with Crippen LogP contribution < -0.4 is 9.47 Å². The van der Waals surface area contributed by atoms with Crippen molar-refractivity contribution in [3.05, 3.63) is 226 Å². The molecule has 9 heteroatoms. The predicted octanol–water partition coefficient (Wildman–Crippen LogP) is 30.6. The van der Waals surface area contributed by atoms with Crippen LogP contribution >= 0.6 is 0 Å². The second kappa shape index (κ2) is 52.6. The van der Waals surface area contributed by atoms with E-state index in [2.05, 4.69) is 116 Å². The van der Waals surface area contributed by atoms with Gasteiger partial charge in [0, 0.05) is 49.4 Å². The van der Waals surface area contributed by atoms with Gasteiger partial charge >= 0.3 is 11.9 Å². The molecule has 9 nitrogen and oxygen atoms in total. The number of allylic oxidation sites excluding steroid dienone is 6. The minimum absolute atomic E-state index is 0.00526. The summed E-state index contributed by atoms with van der Waals surface area (Å²) in [5.41, 5.74) is 7.69. The lowest BCUT2D eigenvalue weighted by atomic mass is 9.83.